The van der Waals surface area contributed by atoms with Crippen LogP contribution >= 0.6 is 58.0 Å². The molecule has 0 fully saturated rings. The number of phenolic OH excluding ortho intramolecular Hbond substituents is 2. The Morgan fingerprint density at radius 3 is 1.74 bits per heavy atom. The molecule has 0 amide bonds. The summed E-state index contributed by atoms with van der Waals surface area (Å²) in [6.07, 6.45) is 0. The molecule has 0 saturated heterocycles. The van der Waals surface area contributed by atoms with Crippen LogP contribution in [0.4, 0.5) is 0 Å². The predicted octanol–water partition coefficient (Wildman–Crippen LogP) is 6.03. The Hall–Kier alpha value is -0.510. The summed E-state index contributed by atoms with van der Waals surface area (Å²) >= 11 is 29.6. The van der Waals surface area contributed by atoms with Crippen LogP contribution in [0.2, 0.25) is 25.1 Å². The molecule has 2 N–H and O–H groups in total. The minimum atomic E-state index is -0.522. The Labute approximate surface area is 134 Å². The lowest BCUT2D eigenvalue weighted by molar-refractivity contribution is 0.404. The van der Waals surface area contributed by atoms with Crippen LogP contribution in [0.25, 0.3) is 11.1 Å². The summed E-state index contributed by atoms with van der Waals surface area (Å²) in [7, 11) is 0. The quantitative estimate of drug-likeness (QED) is 0.482. The second-order valence-corrected chi connectivity index (χ2v) is 5.67. The highest BCUT2D eigenvalue weighted by Crippen LogP contribution is 2.47. The van der Waals surface area contributed by atoms with E-state index in [4.69, 9.17) is 58.0 Å². The van der Waals surface area contributed by atoms with E-state index in [0.717, 1.165) is 0 Å². The first-order chi connectivity index (χ1) is 8.82. The fourth-order valence-corrected chi connectivity index (χ4v) is 2.62. The maximum absolute atomic E-state index is 9.68. The summed E-state index contributed by atoms with van der Waals surface area (Å²) in [6.45, 7) is 0. The summed E-state index contributed by atoms with van der Waals surface area (Å²) in [5.41, 5.74) is 0.781. The van der Waals surface area contributed by atoms with Gasteiger partial charge in [-0.2, -0.15) is 0 Å². The van der Waals surface area contributed by atoms with Gasteiger partial charge in [-0.3, -0.25) is 0 Å². The average molecular weight is 358 g/mol. The normalized spacial score (nSPS) is 10.8. The van der Waals surface area contributed by atoms with Gasteiger partial charge in [0.15, 0.2) is 11.5 Å². The van der Waals surface area contributed by atoms with Crippen molar-refractivity contribution >= 4 is 58.0 Å². The van der Waals surface area contributed by atoms with E-state index in [0.29, 0.717) is 16.1 Å². The number of halogens is 5. The first-order valence-electron chi connectivity index (χ1n) is 4.87. The van der Waals surface area contributed by atoms with Gasteiger partial charge >= 0.3 is 0 Å². The Kier molecular flexibility index (Phi) is 4.29. The second kappa shape index (κ2) is 5.47. The molecule has 0 radical (unpaired) electrons. The van der Waals surface area contributed by atoms with E-state index < -0.39 is 11.5 Å². The molecule has 0 bridgehead atoms. The molecule has 0 aromatic heterocycles. The van der Waals surface area contributed by atoms with Crippen molar-refractivity contribution < 1.29 is 10.2 Å². The molecule has 0 unspecified atom stereocenters. The van der Waals surface area contributed by atoms with Crippen molar-refractivity contribution in [3.8, 4) is 22.6 Å². The van der Waals surface area contributed by atoms with E-state index in [1.54, 1.807) is 0 Å². The first-order valence-corrected chi connectivity index (χ1v) is 6.76. The third kappa shape index (κ3) is 2.69. The third-order valence-corrected chi connectivity index (χ3v) is 4.17. The van der Waals surface area contributed by atoms with Gasteiger partial charge in [-0.25, -0.2) is 0 Å². The third-order valence-electron chi connectivity index (χ3n) is 2.47. The standard InChI is InChI=1S/C12H5Cl5O2/c13-6-3-8(15)7(14)1-4(6)5-2-9(16)11(18)12(19)10(5)17/h1-3,18-19H. The second-order valence-electron chi connectivity index (χ2n) is 3.66. The molecular weight excluding hydrogens is 353 g/mol. The van der Waals surface area contributed by atoms with E-state index in [1.165, 1.54) is 18.2 Å². The Balaban J connectivity index is 2.76. The van der Waals surface area contributed by atoms with Crippen molar-refractivity contribution in [2.24, 2.45) is 0 Å². The highest BCUT2D eigenvalue weighted by atomic mass is 35.5. The molecule has 2 nitrogen and oxygen atoms in total. The van der Waals surface area contributed by atoms with Crippen molar-refractivity contribution in [2.75, 3.05) is 0 Å². The summed E-state index contributed by atoms with van der Waals surface area (Å²) in [4.78, 5) is 0. The molecule has 2 aromatic carbocycles. The molecule has 0 spiro atoms. The number of aromatic hydroxyl groups is 2. The van der Waals surface area contributed by atoms with E-state index in [9.17, 15) is 10.2 Å². The topological polar surface area (TPSA) is 40.5 Å². The SMILES string of the molecule is Oc1c(Cl)cc(-c2cc(Cl)c(Cl)cc2Cl)c(Cl)c1O. The summed E-state index contributed by atoms with van der Waals surface area (Å²) < 4.78 is 0. The van der Waals surface area contributed by atoms with Gasteiger partial charge in [0.2, 0.25) is 0 Å². The smallest absolute Gasteiger partial charge is 0.178 e. The van der Waals surface area contributed by atoms with Crippen molar-refractivity contribution in [1.82, 2.24) is 0 Å². The molecule has 0 saturated carbocycles. The van der Waals surface area contributed by atoms with Crippen LogP contribution in [-0.4, -0.2) is 10.2 Å². The zero-order chi connectivity index (χ0) is 14.3. The highest BCUT2D eigenvalue weighted by Gasteiger charge is 2.18. The van der Waals surface area contributed by atoms with Crippen molar-refractivity contribution in [3.63, 3.8) is 0 Å². The molecule has 2 rings (SSSR count). The minimum absolute atomic E-state index is 0.0564. The van der Waals surface area contributed by atoms with Gasteiger partial charge in [0.05, 0.1) is 25.1 Å². The largest absolute Gasteiger partial charge is 0.503 e. The molecule has 2 aromatic rings. The zero-order valence-corrected chi connectivity index (χ0v) is 12.8. The van der Waals surface area contributed by atoms with Gasteiger partial charge in [0.25, 0.3) is 0 Å². The molecule has 0 aliphatic rings. The number of rotatable bonds is 1. The predicted molar refractivity (Wildman–Crippen MR) is 80.3 cm³/mol. The fourth-order valence-electron chi connectivity index (χ4n) is 1.53. The number of hydrogen-bond acceptors (Lipinski definition) is 2. The lowest BCUT2D eigenvalue weighted by atomic mass is 10.0. The van der Waals surface area contributed by atoms with Crippen LogP contribution in [0.15, 0.2) is 18.2 Å². The van der Waals surface area contributed by atoms with E-state index >= 15 is 0 Å². The van der Waals surface area contributed by atoms with Crippen molar-refractivity contribution in [1.29, 1.82) is 0 Å². The van der Waals surface area contributed by atoms with E-state index in [1.807, 2.05) is 0 Å². The van der Waals surface area contributed by atoms with Gasteiger partial charge < -0.3 is 10.2 Å². The molecule has 0 heterocycles. The molecule has 0 atom stereocenters. The fraction of sp³-hybridized carbons (Fsp3) is 0. The van der Waals surface area contributed by atoms with E-state index in [2.05, 4.69) is 0 Å². The van der Waals surface area contributed by atoms with Crippen LogP contribution < -0.4 is 0 Å². The molecule has 100 valence electrons. The Bertz CT molecular complexity index is 670. The molecule has 7 heteroatoms. The summed E-state index contributed by atoms with van der Waals surface area (Å²) in [5, 5.41) is 19.9. The zero-order valence-electron chi connectivity index (χ0n) is 9.02. The average Bonchev–Trinajstić information content (AvgIpc) is 2.36. The van der Waals surface area contributed by atoms with Crippen LogP contribution in [0.3, 0.4) is 0 Å². The van der Waals surface area contributed by atoms with Gasteiger partial charge in [0.1, 0.15) is 0 Å². The maximum atomic E-state index is 9.68. The molecular formula is C12H5Cl5O2. The monoisotopic (exact) mass is 356 g/mol. The summed E-state index contributed by atoms with van der Waals surface area (Å²) in [6, 6.07) is 4.33. The number of hydrogen-bond donors (Lipinski definition) is 2. The van der Waals surface area contributed by atoms with Crippen molar-refractivity contribution in [3.05, 3.63) is 43.3 Å². The lowest BCUT2D eigenvalue weighted by Gasteiger charge is -2.12. The first kappa shape index (κ1) is 14.9. The molecule has 0 aliphatic heterocycles. The number of phenols is 2. The minimum Gasteiger partial charge on any atom is -0.503 e. The highest BCUT2D eigenvalue weighted by molar-refractivity contribution is 6.44. The van der Waals surface area contributed by atoms with Crippen LogP contribution in [0, 0.1) is 0 Å². The summed E-state index contributed by atoms with van der Waals surface area (Å²) in [5.74, 6) is -1.02. The molecule has 19 heavy (non-hydrogen) atoms. The van der Waals surface area contributed by atoms with Gasteiger partial charge in [-0.05, 0) is 18.2 Å². The van der Waals surface area contributed by atoms with Crippen LogP contribution in [0.1, 0.15) is 0 Å². The molecule has 0 aliphatic carbocycles. The number of benzene rings is 2. The van der Waals surface area contributed by atoms with Gasteiger partial charge in [-0.1, -0.05) is 58.0 Å². The van der Waals surface area contributed by atoms with Crippen molar-refractivity contribution in [2.45, 2.75) is 0 Å². The Morgan fingerprint density at radius 1 is 0.579 bits per heavy atom. The van der Waals surface area contributed by atoms with Gasteiger partial charge in [0, 0.05) is 11.1 Å². The maximum Gasteiger partial charge on any atom is 0.178 e. The lowest BCUT2D eigenvalue weighted by Crippen LogP contribution is -1.85. The van der Waals surface area contributed by atoms with Crippen LogP contribution in [0.5, 0.6) is 11.5 Å². The van der Waals surface area contributed by atoms with E-state index in [-0.39, 0.29) is 20.1 Å². The Morgan fingerprint density at radius 2 is 1.11 bits per heavy atom. The van der Waals surface area contributed by atoms with Gasteiger partial charge in [-0.15, -0.1) is 0 Å². The van der Waals surface area contributed by atoms with Crippen LogP contribution in [-0.2, 0) is 0 Å².